The molecule has 0 aromatic heterocycles. The van der Waals surface area contributed by atoms with Crippen molar-refractivity contribution in [3.63, 3.8) is 0 Å². The lowest BCUT2D eigenvalue weighted by molar-refractivity contribution is -0.142. The van der Waals surface area contributed by atoms with Gasteiger partial charge in [-0.3, -0.25) is 9.59 Å². The number of nitrogens with zero attached hydrogens (tertiary/aromatic N) is 1. The topological polar surface area (TPSA) is 69.6 Å². The minimum absolute atomic E-state index is 0.0545. The number of aliphatic hydroxyl groups is 1. The average Bonchev–Trinajstić information content (AvgIpc) is 2.42. The molecule has 1 aliphatic rings. The maximum Gasteiger partial charge on any atom is 0.227 e. The highest BCUT2D eigenvalue weighted by Crippen LogP contribution is 2.23. The van der Waals surface area contributed by atoms with Gasteiger partial charge < -0.3 is 15.3 Å². The van der Waals surface area contributed by atoms with Crippen LogP contribution in [-0.2, 0) is 9.59 Å². The third-order valence-electron chi connectivity index (χ3n) is 3.98. The number of aliphatic hydroxyl groups excluding tert-OH is 1. The van der Waals surface area contributed by atoms with Gasteiger partial charge in [0.05, 0.1) is 12.0 Å². The van der Waals surface area contributed by atoms with Crippen LogP contribution < -0.4 is 5.32 Å². The molecule has 0 aromatic carbocycles. The summed E-state index contributed by atoms with van der Waals surface area (Å²) >= 11 is 0. The van der Waals surface area contributed by atoms with E-state index >= 15 is 0 Å². The van der Waals surface area contributed by atoms with Gasteiger partial charge in [0.1, 0.15) is 0 Å². The van der Waals surface area contributed by atoms with Gasteiger partial charge in [0.2, 0.25) is 11.8 Å². The number of likely N-dealkylation sites (tertiary alicyclic amines) is 1. The molecular formula is C16H30N2O3. The van der Waals surface area contributed by atoms with Crippen LogP contribution in [0.15, 0.2) is 0 Å². The predicted molar refractivity (Wildman–Crippen MR) is 82.6 cm³/mol. The summed E-state index contributed by atoms with van der Waals surface area (Å²) in [6.45, 7) is 11.0. The van der Waals surface area contributed by atoms with E-state index in [1.54, 1.807) is 4.90 Å². The van der Waals surface area contributed by atoms with Gasteiger partial charge in [-0.2, -0.15) is 0 Å². The first-order chi connectivity index (χ1) is 9.62. The Morgan fingerprint density at radius 3 is 2.48 bits per heavy atom. The second kappa shape index (κ2) is 7.25. The Morgan fingerprint density at radius 1 is 1.33 bits per heavy atom. The predicted octanol–water partition coefficient (Wildman–Crippen LogP) is 1.40. The van der Waals surface area contributed by atoms with Gasteiger partial charge in [-0.25, -0.2) is 0 Å². The van der Waals surface area contributed by atoms with Gasteiger partial charge in [-0.1, -0.05) is 34.6 Å². The summed E-state index contributed by atoms with van der Waals surface area (Å²) < 4.78 is 0. The average molecular weight is 298 g/mol. The molecule has 1 aliphatic heterocycles. The molecule has 0 bridgehead atoms. The van der Waals surface area contributed by atoms with Gasteiger partial charge in [-0.15, -0.1) is 0 Å². The molecule has 0 spiro atoms. The van der Waals surface area contributed by atoms with Gasteiger partial charge >= 0.3 is 0 Å². The van der Waals surface area contributed by atoms with Crippen molar-refractivity contribution in [1.82, 2.24) is 10.2 Å². The smallest absolute Gasteiger partial charge is 0.227 e. The van der Waals surface area contributed by atoms with Crippen LogP contribution in [0.4, 0.5) is 0 Å². The molecule has 1 heterocycles. The van der Waals surface area contributed by atoms with Crippen LogP contribution in [0.5, 0.6) is 0 Å². The zero-order valence-corrected chi connectivity index (χ0v) is 14.0. The summed E-state index contributed by atoms with van der Waals surface area (Å²) in [6.07, 6.45) is 1.13. The molecule has 5 nitrogen and oxygen atoms in total. The molecule has 2 atom stereocenters. The SMILES string of the molecule is CC(C)C(O)CNC(=O)C1CCCN(C(=O)C(C)(C)C)C1. The fraction of sp³-hybridized carbons (Fsp3) is 0.875. The second-order valence-corrected chi connectivity index (χ2v) is 7.40. The van der Waals surface area contributed by atoms with Crippen molar-refractivity contribution < 1.29 is 14.7 Å². The Labute approximate surface area is 128 Å². The third kappa shape index (κ3) is 5.30. The van der Waals surface area contributed by atoms with Gasteiger partial charge in [-0.05, 0) is 18.8 Å². The van der Waals surface area contributed by atoms with Crippen molar-refractivity contribution in [1.29, 1.82) is 0 Å². The lowest BCUT2D eigenvalue weighted by Gasteiger charge is -2.36. The zero-order chi connectivity index (χ0) is 16.2. The lowest BCUT2D eigenvalue weighted by Crippen LogP contribution is -2.49. The van der Waals surface area contributed by atoms with Crippen LogP contribution in [0, 0.1) is 17.3 Å². The fourth-order valence-electron chi connectivity index (χ4n) is 2.44. The number of carbonyl (C=O) groups excluding carboxylic acids is 2. The van der Waals surface area contributed by atoms with Gasteiger partial charge in [0.15, 0.2) is 0 Å². The van der Waals surface area contributed by atoms with Crippen LogP contribution in [0.1, 0.15) is 47.5 Å². The second-order valence-electron chi connectivity index (χ2n) is 7.40. The Bertz CT molecular complexity index is 374. The Morgan fingerprint density at radius 2 is 1.95 bits per heavy atom. The van der Waals surface area contributed by atoms with Crippen molar-refractivity contribution >= 4 is 11.8 Å². The number of hydrogen-bond acceptors (Lipinski definition) is 3. The number of amides is 2. The molecule has 0 aliphatic carbocycles. The Balaban J connectivity index is 2.52. The molecule has 2 unspecified atom stereocenters. The Kier molecular flexibility index (Phi) is 6.20. The quantitative estimate of drug-likeness (QED) is 0.824. The first-order valence-corrected chi connectivity index (χ1v) is 7.88. The van der Waals surface area contributed by atoms with E-state index in [2.05, 4.69) is 5.32 Å². The van der Waals surface area contributed by atoms with E-state index in [1.165, 1.54) is 0 Å². The molecule has 21 heavy (non-hydrogen) atoms. The minimum Gasteiger partial charge on any atom is -0.391 e. The molecule has 0 radical (unpaired) electrons. The van der Waals surface area contributed by atoms with Crippen molar-refractivity contribution in [2.45, 2.75) is 53.6 Å². The number of nitrogens with one attached hydrogen (secondary N) is 1. The summed E-state index contributed by atoms with van der Waals surface area (Å²) in [4.78, 5) is 26.3. The molecule has 122 valence electrons. The minimum atomic E-state index is -0.523. The van der Waals surface area contributed by atoms with Gasteiger partial charge in [0.25, 0.3) is 0 Å². The molecule has 1 fully saturated rings. The van der Waals surface area contributed by atoms with E-state index in [-0.39, 0.29) is 30.2 Å². The summed E-state index contributed by atoms with van der Waals surface area (Å²) in [7, 11) is 0. The first-order valence-electron chi connectivity index (χ1n) is 7.88. The molecule has 0 aromatic rings. The summed E-state index contributed by atoms with van der Waals surface area (Å²) in [6, 6.07) is 0. The number of piperidine rings is 1. The molecule has 0 saturated carbocycles. The summed E-state index contributed by atoms with van der Waals surface area (Å²) in [5, 5.41) is 12.5. The molecule has 2 amide bonds. The lowest BCUT2D eigenvalue weighted by atomic mass is 9.91. The van der Waals surface area contributed by atoms with E-state index in [1.807, 2.05) is 34.6 Å². The zero-order valence-electron chi connectivity index (χ0n) is 14.0. The molecule has 5 heteroatoms. The molecule has 2 N–H and O–H groups in total. The number of rotatable bonds is 4. The molecule has 1 saturated heterocycles. The van der Waals surface area contributed by atoms with Gasteiger partial charge in [0, 0.05) is 25.0 Å². The highest BCUT2D eigenvalue weighted by Gasteiger charge is 2.33. The highest BCUT2D eigenvalue weighted by atomic mass is 16.3. The molecular weight excluding hydrogens is 268 g/mol. The Hall–Kier alpha value is -1.10. The van der Waals surface area contributed by atoms with E-state index < -0.39 is 11.5 Å². The van der Waals surface area contributed by atoms with Crippen molar-refractivity contribution in [2.24, 2.45) is 17.3 Å². The monoisotopic (exact) mass is 298 g/mol. The number of carbonyl (C=O) groups is 2. The maximum atomic E-state index is 12.3. The summed E-state index contributed by atoms with van der Waals surface area (Å²) in [5.41, 5.74) is -0.411. The van der Waals surface area contributed by atoms with Crippen molar-refractivity contribution in [3.05, 3.63) is 0 Å². The van der Waals surface area contributed by atoms with Crippen molar-refractivity contribution in [2.75, 3.05) is 19.6 Å². The van der Waals surface area contributed by atoms with E-state index in [0.717, 1.165) is 19.4 Å². The van der Waals surface area contributed by atoms with Crippen molar-refractivity contribution in [3.8, 4) is 0 Å². The number of hydrogen-bond donors (Lipinski definition) is 2. The van der Waals surface area contributed by atoms with E-state index in [4.69, 9.17) is 0 Å². The normalized spacial score (nSPS) is 21.3. The standard InChI is InChI=1S/C16H30N2O3/c1-11(2)13(19)9-17-14(20)12-7-6-8-18(10-12)15(21)16(3,4)5/h11-13,19H,6-10H2,1-5H3,(H,17,20). The highest BCUT2D eigenvalue weighted by molar-refractivity contribution is 5.83. The third-order valence-corrected chi connectivity index (χ3v) is 3.98. The first kappa shape index (κ1) is 18.0. The maximum absolute atomic E-state index is 12.3. The van der Waals surface area contributed by atoms with Crippen LogP contribution in [0.2, 0.25) is 0 Å². The summed E-state index contributed by atoms with van der Waals surface area (Å²) in [5.74, 6) is 0.00311. The van der Waals surface area contributed by atoms with Crippen LogP contribution in [0.25, 0.3) is 0 Å². The molecule has 1 rings (SSSR count). The fourth-order valence-corrected chi connectivity index (χ4v) is 2.44. The van der Waals surface area contributed by atoms with E-state index in [9.17, 15) is 14.7 Å². The largest absolute Gasteiger partial charge is 0.391 e. The van der Waals surface area contributed by atoms with E-state index in [0.29, 0.717) is 6.54 Å². The van der Waals surface area contributed by atoms with Crippen LogP contribution >= 0.6 is 0 Å². The van der Waals surface area contributed by atoms with Crippen LogP contribution in [0.3, 0.4) is 0 Å². The van der Waals surface area contributed by atoms with Crippen LogP contribution in [-0.4, -0.2) is 47.6 Å².